The van der Waals surface area contributed by atoms with E-state index in [0.29, 0.717) is 0 Å². The summed E-state index contributed by atoms with van der Waals surface area (Å²) < 4.78 is 0. The van der Waals surface area contributed by atoms with E-state index < -0.39 is 11.5 Å². The highest BCUT2D eigenvalue weighted by molar-refractivity contribution is 6.02. The number of fused-ring (bicyclic) bond motifs is 5. The molecule has 0 unspecified atom stereocenters. The summed E-state index contributed by atoms with van der Waals surface area (Å²) in [6.45, 7) is 1.79. The maximum absolute atomic E-state index is 12.4. The zero-order chi connectivity index (χ0) is 15.5. The minimum Gasteiger partial charge on any atom is -0.505 e. The van der Waals surface area contributed by atoms with Crippen molar-refractivity contribution in [1.29, 1.82) is 0 Å². The van der Waals surface area contributed by atoms with Crippen LogP contribution in [0, 0.1) is 17.3 Å². The molecule has 3 aliphatic carbocycles. The summed E-state index contributed by atoms with van der Waals surface area (Å²) in [4.78, 5) is 12.4. The van der Waals surface area contributed by atoms with Crippen molar-refractivity contribution >= 4 is 11.4 Å². The van der Waals surface area contributed by atoms with Gasteiger partial charge in [-0.25, -0.2) is 0 Å². The molecule has 1 aromatic carbocycles. The molecule has 0 bridgehead atoms. The van der Waals surface area contributed by atoms with Crippen molar-refractivity contribution in [3.63, 3.8) is 0 Å². The van der Waals surface area contributed by atoms with Gasteiger partial charge in [0.1, 0.15) is 0 Å². The molecule has 0 saturated heterocycles. The Balaban J connectivity index is 1.90. The first-order valence-corrected chi connectivity index (χ1v) is 7.97. The number of carbonyl (C=O) groups excluding carboxylic acids is 1. The number of aliphatic hydroxyl groups is 2. The van der Waals surface area contributed by atoms with Gasteiger partial charge in [-0.15, -0.1) is 0 Å². The zero-order valence-corrected chi connectivity index (χ0v) is 12.6. The molecular weight excluding hydrogens is 276 g/mol. The van der Waals surface area contributed by atoms with Crippen molar-refractivity contribution in [2.24, 2.45) is 17.3 Å². The largest absolute Gasteiger partial charge is 0.505 e. The molecular formula is C19H20O3. The monoisotopic (exact) mass is 296 g/mol. The third kappa shape index (κ3) is 1.63. The van der Waals surface area contributed by atoms with Crippen LogP contribution in [-0.2, 0) is 11.2 Å². The van der Waals surface area contributed by atoms with E-state index in [1.165, 1.54) is 11.1 Å². The van der Waals surface area contributed by atoms with Gasteiger partial charge in [0.2, 0.25) is 5.78 Å². The molecule has 1 aromatic rings. The van der Waals surface area contributed by atoms with Crippen LogP contribution in [-0.4, -0.2) is 22.1 Å². The Morgan fingerprint density at radius 2 is 2.00 bits per heavy atom. The van der Waals surface area contributed by atoms with Gasteiger partial charge in [0, 0.05) is 5.92 Å². The van der Waals surface area contributed by atoms with Crippen molar-refractivity contribution in [1.82, 2.24) is 0 Å². The van der Waals surface area contributed by atoms with Crippen molar-refractivity contribution < 1.29 is 15.0 Å². The predicted molar refractivity (Wildman–Crippen MR) is 84.2 cm³/mol. The lowest BCUT2D eigenvalue weighted by molar-refractivity contribution is -0.133. The first-order chi connectivity index (χ1) is 10.5. The zero-order valence-electron chi connectivity index (χ0n) is 12.6. The van der Waals surface area contributed by atoms with Crippen LogP contribution in [0.25, 0.3) is 5.57 Å². The van der Waals surface area contributed by atoms with Crippen LogP contribution in [0.5, 0.6) is 0 Å². The minimum absolute atomic E-state index is 0.124. The highest BCUT2D eigenvalue weighted by Gasteiger charge is 2.56. The Kier molecular flexibility index (Phi) is 2.85. The second kappa shape index (κ2) is 4.56. The second-order valence-electron chi connectivity index (χ2n) is 6.91. The standard InChI is InChI=1S/C19H20O3/c1-19-15(10-16(20)18(19)22)13-8-4-6-11-5-2-3-7-12(11)14(13)9-17(19)21/h2-3,5,7,9-10,13,15,17,20-21H,4,6,8H2,1H3/t13-,15-,17+,19-/m1/s1. The quantitative estimate of drug-likeness (QED) is 0.773. The average Bonchev–Trinajstić information content (AvgIpc) is 2.67. The van der Waals surface area contributed by atoms with Gasteiger partial charge in [0.05, 0.1) is 11.5 Å². The highest BCUT2D eigenvalue weighted by atomic mass is 16.3. The average molecular weight is 296 g/mol. The Labute approximate surface area is 130 Å². The summed E-state index contributed by atoms with van der Waals surface area (Å²) in [6, 6.07) is 8.32. The number of Topliss-reactive ketones (excluding diaryl/α,β-unsaturated/α-hetero) is 1. The Bertz CT molecular complexity index is 715. The van der Waals surface area contributed by atoms with Crippen molar-refractivity contribution in [2.45, 2.75) is 32.3 Å². The van der Waals surface area contributed by atoms with Gasteiger partial charge in [-0.1, -0.05) is 30.3 Å². The number of benzene rings is 1. The number of rotatable bonds is 0. The van der Waals surface area contributed by atoms with Gasteiger partial charge in [-0.2, -0.15) is 0 Å². The lowest BCUT2D eigenvalue weighted by Gasteiger charge is -2.42. The van der Waals surface area contributed by atoms with Crippen LogP contribution in [0.4, 0.5) is 0 Å². The Morgan fingerprint density at radius 1 is 1.23 bits per heavy atom. The number of hydrogen-bond donors (Lipinski definition) is 2. The maximum Gasteiger partial charge on any atom is 0.206 e. The summed E-state index contributed by atoms with van der Waals surface area (Å²) in [5.74, 6) is -0.441. The molecule has 4 atom stereocenters. The Hall–Kier alpha value is -1.87. The molecule has 3 aliphatic rings. The lowest BCUT2D eigenvalue weighted by atomic mass is 9.61. The van der Waals surface area contributed by atoms with Gasteiger partial charge in [-0.05, 0) is 54.9 Å². The fraction of sp³-hybridized carbons (Fsp3) is 0.421. The minimum atomic E-state index is -0.919. The van der Waals surface area contributed by atoms with Gasteiger partial charge in [0.25, 0.3) is 0 Å². The molecule has 0 amide bonds. The predicted octanol–water partition coefficient (Wildman–Crippen LogP) is 3.04. The number of aryl methyl sites for hydroxylation is 1. The van der Waals surface area contributed by atoms with Gasteiger partial charge >= 0.3 is 0 Å². The molecule has 0 spiro atoms. The topological polar surface area (TPSA) is 57.5 Å². The highest BCUT2D eigenvalue weighted by Crippen LogP contribution is 2.55. The summed E-state index contributed by atoms with van der Waals surface area (Å²) >= 11 is 0. The fourth-order valence-corrected chi connectivity index (χ4v) is 4.53. The molecule has 3 nitrogen and oxygen atoms in total. The summed E-state index contributed by atoms with van der Waals surface area (Å²) in [5.41, 5.74) is 2.72. The first kappa shape index (κ1) is 13.8. The number of allylic oxidation sites excluding steroid dienone is 3. The van der Waals surface area contributed by atoms with Crippen LogP contribution in [0.1, 0.15) is 30.9 Å². The molecule has 0 fully saturated rings. The van der Waals surface area contributed by atoms with Crippen LogP contribution >= 0.6 is 0 Å². The molecule has 0 heterocycles. The van der Waals surface area contributed by atoms with Crippen LogP contribution in [0.2, 0.25) is 0 Å². The van der Waals surface area contributed by atoms with E-state index in [4.69, 9.17) is 0 Å². The maximum atomic E-state index is 12.4. The summed E-state index contributed by atoms with van der Waals surface area (Å²) in [6.07, 6.45) is 5.73. The van der Waals surface area contributed by atoms with Gasteiger partial charge < -0.3 is 10.2 Å². The van der Waals surface area contributed by atoms with Crippen molar-refractivity contribution in [3.8, 4) is 0 Å². The third-order valence-electron chi connectivity index (χ3n) is 5.83. The molecule has 4 rings (SSSR count). The Morgan fingerprint density at radius 3 is 2.82 bits per heavy atom. The van der Waals surface area contributed by atoms with E-state index in [0.717, 1.165) is 24.8 Å². The molecule has 22 heavy (non-hydrogen) atoms. The first-order valence-electron chi connectivity index (χ1n) is 7.97. The summed E-state index contributed by atoms with van der Waals surface area (Å²) in [5, 5.41) is 20.6. The number of aliphatic hydroxyl groups excluding tert-OH is 2. The third-order valence-corrected chi connectivity index (χ3v) is 5.83. The molecule has 114 valence electrons. The van der Waals surface area contributed by atoms with Gasteiger partial charge in [-0.3, -0.25) is 4.79 Å². The van der Waals surface area contributed by atoms with E-state index in [1.54, 1.807) is 13.0 Å². The SMILES string of the molecule is C[C@@]12C(=O)C(O)=C[C@@H]1[C@@H]1CCCc3ccccc3C1=C[C@@H]2O. The van der Waals surface area contributed by atoms with Crippen LogP contribution in [0.15, 0.2) is 42.2 Å². The van der Waals surface area contributed by atoms with Crippen molar-refractivity contribution in [2.75, 3.05) is 0 Å². The van der Waals surface area contributed by atoms with E-state index in [2.05, 4.69) is 12.1 Å². The van der Waals surface area contributed by atoms with E-state index in [1.807, 2.05) is 18.2 Å². The van der Waals surface area contributed by atoms with Crippen LogP contribution < -0.4 is 0 Å². The lowest BCUT2D eigenvalue weighted by Crippen LogP contribution is -2.47. The molecule has 0 saturated carbocycles. The molecule has 2 N–H and O–H groups in total. The number of ketones is 1. The van der Waals surface area contributed by atoms with Crippen LogP contribution in [0.3, 0.4) is 0 Å². The second-order valence-corrected chi connectivity index (χ2v) is 6.91. The van der Waals surface area contributed by atoms with E-state index in [9.17, 15) is 15.0 Å². The fourth-order valence-electron chi connectivity index (χ4n) is 4.53. The van der Waals surface area contributed by atoms with E-state index >= 15 is 0 Å². The molecule has 0 aliphatic heterocycles. The summed E-state index contributed by atoms with van der Waals surface area (Å²) in [7, 11) is 0. The number of carbonyl (C=O) groups is 1. The molecule has 0 radical (unpaired) electrons. The van der Waals surface area contributed by atoms with E-state index in [-0.39, 0.29) is 23.4 Å². The van der Waals surface area contributed by atoms with Crippen molar-refractivity contribution in [3.05, 3.63) is 53.3 Å². The smallest absolute Gasteiger partial charge is 0.206 e. The number of hydrogen-bond acceptors (Lipinski definition) is 3. The normalized spacial score (nSPS) is 36.6. The molecule has 3 heteroatoms. The van der Waals surface area contributed by atoms with Gasteiger partial charge in [0.15, 0.2) is 5.76 Å². The molecule has 0 aromatic heterocycles.